The van der Waals surface area contributed by atoms with E-state index in [1.165, 1.54) is 0 Å². The fourth-order valence-corrected chi connectivity index (χ4v) is 3.80. The number of hydrogen-bond donors (Lipinski definition) is 1. The summed E-state index contributed by atoms with van der Waals surface area (Å²) in [6, 6.07) is 32.8. The van der Waals surface area contributed by atoms with Gasteiger partial charge in [0.25, 0.3) is 5.91 Å². The first kappa shape index (κ1) is 20.9. The van der Waals surface area contributed by atoms with Crippen molar-refractivity contribution in [1.29, 1.82) is 0 Å². The van der Waals surface area contributed by atoms with Crippen molar-refractivity contribution < 1.29 is 4.79 Å². The summed E-state index contributed by atoms with van der Waals surface area (Å²) in [4.78, 5) is 22.6. The van der Waals surface area contributed by atoms with Crippen LogP contribution in [0.5, 0.6) is 0 Å². The van der Waals surface area contributed by atoms with Gasteiger partial charge < -0.3 is 5.32 Å². The van der Waals surface area contributed by atoms with E-state index in [-0.39, 0.29) is 5.91 Å². The number of amides is 1. The van der Waals surface area contributed by atoms with E-state index >= 15 is 0 Å². The molecule has 4 aromatic carbocycles. The van der Waals surface area contributed by atoms with E-state index in [1.54, 1.807) is 12.1 Å². The lowest BCUT2D eigenvalue weighted by Crippen LogP contribution is -2.22. The van der Waals surface area contributed by atoms with Crippen LogP contribution in [0, 0.1) is 0 Å². The second-order valence-corrected chi connectivity index (χ2v) is 8.10. The van der Waals surface area contributed by atoms with Crippen molar-refractivity contribution in [3.8, 4) is 22.5 Å². The van der Waals surface area contributed by atoms with E-state index in [2.05, 4.69) is 5.32 Å². The molecule has 33 heavy (non-hydrogen) atoms. The molecule has 0 atom stereocenters. The number of aromatic nitrogens is 2. The molecule has 5 rings (SSSR count). The molecule has 0 saturated heterocycles. The van der Waals surface area contributed by atoms with Gasteiger partial charge in [0.15, 0.2) is 0 Å². The smallest absolute Gasteiger partial charge is 0.251 e. The van der Waals surface area contributed by atoms with Gasteiger partial charge in [0.05, 0.1) is 22.4 Å². The first-order valence-corrected chi connectivity index (χ1v) is 11.0. The van der Waals surface area contributed by atoms with Crippen molar-refractivity contribution in [2.75, 3.05) is 0 Å². The molecule has 1 N–H and O–H groups in total. The number of carbonyl (C=O) groups excluding carboxylic acids is 1. The maximum Gasteiger partial charge on any atom is 0.251 e. The van der Waals surface area contributed by atoms with Crippen molar-refractivity contribution in [2.24, 2.45) is 0 Å². The molecule has 0 radical (unpaired) electrons. The monoisotopic (exact) mass is 449 g/mol. The van der Waals surface area contributed by atoms with Crippen LogP contribution in [0.4, 0.5) is 0 Å². The molecule has 0 aliphatic rings. The molecule has 4 nitrogen and oxygen atoms in total. The van der Waals surface area contributed by atoms with Crippen LogP contribution >= 0.6 is 11.6 Å². The van der Waals surface area contributed by atoms with Crippen molar-refractivity contribution in [2.45, 2.75) is 6.54 Å². The Kier molecular flexibility index (Phi) is 5.83. The summed E-state index contributed by atoms with van der Waals surface area (Å²) in [5, 5.41) is 3.62. The van der Waals surface area contributed by atoms with Gasteiger partial charge in [-0.3, -0.25) is 4.79 Å². The average Bonchev–Trinajstić information content (AvgIpc) is 2.88. The highest BCUT2D eigenvalue weighted by Crippen LogP contribution is 2.31. The third-order valence-corrected chi connectivity index (χ3v) is 5.64. The maximum atomic E-state index is 12.8. The molecule has 1 aromatic heterocycles. The Morgan fingerprint density at radius 2 is 1.27 bits per heavy atom. The fourth-order valence-electron chi connectivity index (χ4n) is 3.68. The predicted molar refractivity (Wildman–Crippen MR) is 133 cm³/mol. The van der Waals surface area contributed by atoms with E-state index in [1.807, 2.05) is 91.0 Å². The molecule has 5 heteroatoms. The molecule has 0 aliphatic carbocycles. The lowest BCUT2D eigenvalue weighted by Gasteiger charge is -2.11. The molecule has 0 fully saturated rings. The normalized spacial score (nSPS) is 10.8. The summed E-state index contributed by atoms with van der Waals surface area (Å²) in [5.74, 6) is -0.165. The van der Waals surface area contributed by atoms with Crippen molar-refractivity contribution >= 4 is 28.5 Å². The summed E-state index contributed by atoms with van der Waals surface area (Å²) < 4.78 is 0. The van der Waals surface area contributed by atoms with Crippen molar-refractivity contribution in [3.05, 3.63) is 119 Å². The number of halogens is 1. The highest BCUT2D eigenvalue weighted by molar-refractivity contribution is 6.30. The molecule has 1 amide bonds. The third kappa shape index (κ3) is 4.61. The number of nitrogens with zero attached hydrogens (tertiary/aromatic N) is 2. The molecule has 160 valence electrons. The molecular weight excluding hydrogens is 430 g/mol. The summed E-state index contributed by atoms with van der Waals surface area (Å²) in [5.41, 5.74) is 6.50. The van der Waals surface area contributed by atoms with Crippen LogP contribution in [0.3, 0.4) is 0 Å². The van der Waals surface area contributed by atoms with Crippen LogP contribution in [0.25, 0.3) is 33.5 Å². The van der Waals surface area contributed by atoms with E-state index in [4.69, 9.17) is 21.6 Å². The molecular formula is C28H20ClN3O. The summed E-state index contributed by atoms with van der Waals surface area (Å²) in [6.45, 7) is 0.419. The van der Waals surface area contributed by atoms with Crippen LogP contribution in [0.1, 0.15) is 15.9 Å². The molecule has 0 bridgehead atoms. The van der Waals surface area contributed by atoms with Gasteiger partial charge >= 0.3 is 0 Å². The molecule has 5 aromatic rings. The fraction of sp³-hybridized carbons (Fsp3) is 0.0357. The Bertz CT molecular complexity index is 1420. The molecule has 1 heterocycles. The molecule has 0 spiro atoms. The Balaban J connectivity index is 1.51. The van der Waals surface area contributed by atoms with Gasteiger partial charge in [-0.25, -0.2) is 9.97 Å². The minimum Gasteiger partial charge on any atom is -0.348 e. The first-order valence-electron chi connectivity index (χ1n) is 10.6. The maximum absolute atomic E-state index is 12.8. The van der Waals surface area contributed by atoms with Gasteiger partial charge in [0, 0.05) is 28.3 Å². The second kappa shape index (κ2) is 9.23. The van der Waals surface area contributed by atoms with E-state index in [0.717, 1.165) is 33.6 Å². The van der Waals surface area contributed by atoms with E-state index < -0.39 is 0 Å². The third-order valence-electron chi connectivity index (χ3n) is 5.39. The number of rotatable bonds is 5. The molecule has 0 unspecified atom stereocenters. The Morgan fingerprint density at radius 1 is 0.697 bits per heavy atom. The zero-order chi connectivity index (χ0) is 22.6. The average molecular weight is 450 g/mol. The topological polar surface area (TPSA) is 54.9 Å². The predicted octanol–water partition coefficient (Wildman–Crippen LogP) is 6.55. The van der Waals surface area contributed by atoms with Crippen LogP contribution in [-0.2, 0) is 6.54 Å². The van der Waals surface area contributed by atoms with Crippen LogP contribution in [0.15, 0.2) is 103 Å². The summed E-state index contributed by atoms with van der Waals surface area (Å²) >= 11 is 5.93. The number of carbonyl (C=O) groups is 1. The Morgan fingerprint density at radius 3 is 1.88 bits per heavy atom. The Hall–Kier alpha value is -4.02. The molecule has 0 aliphatic heterocycles. The van der Waals surface area contributed by atoms with Gasteiger partial charge in [-0.05, 0) is 35.9 Å². The first-order chi connectivity index (χ1) is 16.2. The minimum atomic E-state index is -0.165. The highest BCUT2D eigenvalue weighted by Gasteiger charge is 2.14. The van der Waals surface area contributed by atoms with Crippen molar-refractivity contribution in [1.82, 2.24) is 15.3 Å². The summed E-state index contributed by atoms with van der Waals surface area (Å²) in [6.07, 6.45) is 0. The van der Waals surface area contributed by atoms with Gasteiger partial charge in [0.1, 0.15) is 0 Å². The highest BCUT2D eigenvalue weighted by atomic mass is 35.5. The minimum absolute atomic E-state index is 0.165. The Labute approximate surface area is 196 Å². The van der Waals surface area contributed by atoms with Crippen LogP contribution in [0.2, 0.25) is 5.02 Å². The second-order valence-electron chi connectivity index (χ2n) is 7.67. The number of fused-ring (bicyclic) bond motifs is 1. The quantitative estimate of drug-likeness (QED) is 0.331. The zero-order valence-corrected chi connectivity index (χ0v) is 18.5. The van der Waals surface area contributed by atoms with Crippen LogP contribution in [-0.4, -0.2) is 15.9 Å². The SMILES string of the molecule is O=C(NCc1ccc(Cl)cc1)c1ccc2nc(-c3ccccc3)c(-c3ccccc3)nc2c1. The van der Waals surface area contributed by atoms with Gasteiger partial charge in [0.2, 0.25) is 0 Å². The van der Waals surface area contributed by atoms with E-state index in [9.17, 15) is 4.79 Å². The van der Waals surface area contributed by atoms with E-state index in [0.29, 0.717) is 22.6 Å². The lowest BCUT2D eigenvalue weighted by atomic mass is 10.0. The lowest BCUT2D eigenvalue weighted by molar-refractivity contribution is 0.0951. The van der Waals surface area contributed by atoms with Gasteiger partial charge in [-0.1, -0.05) is 84.4 Å². The zero-order valence-electron chi connectivity index (χ0n) is 17.7. The largest absolute Gasteiger partial charge is 0.348 e. The van der Waals surface area contributed by atoms with Gasteiger partial charge in [-0.15, -0.1) is 0 Å². The number of hydrogen-bond acceptors (Lipinski definition) is 3. The molecule has 0 saturated carbocycles. The van der Waals surface area contributed by atoms with Crippen molar-refractivity contribution in [3.63, 3.8) is 0 Å². The number of nitrogens with one attached hydrogen (secondary N) is 1. The number of benzene rings is 4. The van der Waals surface area contributed by atoms with Crippen LogP contribution < -0.4 is 5.32 Å². The van der Waals surface area contributed by atoms with Gasteiger partial charge in [-0.2, -0.15) is 0 Å². The summed E-state index contributed by atoms with van der Waals surface area (Å²) in [7, 11) is 0. The standard InChI is InChI=1S/C28H20ClN3O/c29-23-14-11-19(12-15-23)18-30-28(33)22-13-16-24-25(17-22)32-27(21-9-5-2-6-10-21)26(31-24)20-7-3-1-4-8-20/h1-17H,18H2,(H,30,33).